The molecular weight excluding hydrogens is 424 g/mol. The summed E-state index contributed by atoms with van der Waals surface area (Å²) < 4.78 is 0. The molecule has 2 aromatic carbocycles. The Morgan fingerprint density at radius 2 is 1.26 bits per heavy atom. The van der Waals surface area contributed by atoms with E-state index in [-0.39, 0.29) is 0 Å². The fraction of sp³-hybridized carbons (Fsp3) is 0. The molecule has 0 amide bonds. The van der Waals surface area contributed by atoms with Crippen LogP contribution in [-0.2, 0) is 0 Å². The van der Waals surface area contributed by atoms with Crippen molar-refractivity contribution in [1.29, 1.82) is 0 Å². The lowest BCUT2D eigenvalue weighted by Crippen LogP contribution is -2.12. The number of nitrogens with zero attached hydrogens (tertiary/aromatic N) is 6. The van der Waals surface area contributed by atoms with Gasteiger partial charge in [-0.3, -0.25) is 0 Å². The highest BCUT2D eigenvalue weighted by molar-refractivity contribution is 6.26. The summed E-state index contributed by atoms with van der Waals surface area (Å²) in [6, 6.07) is 26.8. The van der Waals surface area contributed by atoms with Crippen LogP contribution in [0.4, 0.5) is 17.5 Å². The van der Waals surface area contributed by atoms with Gasteiger partial charge in [0.1, 0.15) is 17.5 Å². The first-order valence-corrected chi connectivity index (χ1v) is 10.7. The highest BCUT2D eigenvalue weighted by Gasteiger charge is 2.22. The van der Waals surface area contributed by atoms with E-state index < -0.39 is 0 Å². The lowest BCUT2D eigenvalue weighted by molar-refractivity contribution is 1.26. The van der Waals surface area contributed by atoms with Crippen LogP contribution in [0.1, 0.15) is 22.3 Å². The zero-order valence-electron chi connectivity index (χ0n) is 17.9. The van der Waals surface area contributed by atoms with Crippen LogP contribution < -0.4 is 11.1 Å². The van der Waals surface area contributed by atoms with Gasteiger partial charge in [0.15, 0.2) is 23.3 Å². The third kappa shape index (κ3) is 3.63. The number of pyridine rings is 2. The Bertz CT molecular complexity index is 1530. The van der Waals surface area contributed by atoms with Gasteiger partial charge < -0.3 is 11.1 Å². The number of aliphatic imine (C=N–C) groups is 4. The number of hydrogen-bond acceptors (Lipinski definition) is 6. The van der Waals surface area contributed by atoms with E-state index in [1.54, 1.807) is 6.20 Å². The minimum absolute atomic E-state index is 0.459. The van der Waals surface area contributed by atoms with E-state index in [0.29, 0.717) is 40.8 Å². The molecule has 34 heavy (non-hydrogen) atoms. The number of aromatic nitrogens is 2. The number of hydrogen-bond donors (Lipinski definition) is 2. The molecule has 0 spiro atoms. The first-order chi connectivity index (χ1) is 16.7. The molecule has 0 fully saturated rings. The zero-order valence-corrected chi connectivity index (χ0v) is 17.9. The molecular formula is C26H18N8. The maximum Gasteiger partial charge on any atom is 0.164 e. The van der Waals surface area contributed by atoms with E-state index in [4.69, 9.17) is 10.7 Å². The molecule has 3 N–H and O–H groups in total. The van der Waals surface area contributed by atoms with E-state index >= 15 is 0 Å². The van der Waals surface area contributed by atoms with Crippen molar-refractivity contribution in [3.05, 3.63) is 113 Å². The van der Waals surface area contributed by atoms with Gasteiger partial charge in [0.25, 0.3) is 0 Å². The van der Waals surface area contributed by atoms with Gasteiger partial charge in [-0.05, 0) is 24.3 Å². The number of nitrogens with two attached hydrogens (primary N) is 1. The molecule has 0 radical (unpaired) electrons. The maximum atomic E-state index is 6.05. The van der Waals surface area contributed by atoms with Gasteiger partial charge in [-0.1, -0.05) is 60.7 Å². The normalized spacial score (nSPS) is 16.2. The van der Waals surface area contributed by atoms with Crippen molar-refractivity contribution in [1.82, 2.24) is 9.97 Å². The minimum Gasteiger partial charge on any atom is -0.383 e. The van der Waals surface area contributed by atoms with Crippen molar-refractivity contribution in [3.8, 4) is 0 Å². The van der Waals surface area contributed by atoms with Gasteiger partial charge in [0.2, 0.25) is 0 Å². The van der Waals surface area contributed by atoms with Crippen LogP contribution in [0, 0.1) is 0 Å². The Labute approximate surface area is 195 Å². The molecule has 162 valence electrons. The summed E-state index contributed by atoms with van der Waals surface area (Å²) in [5.74, 6) is 3.99. The van der Waals surface area contributed by atoms with Gasteiger partial charge in [-0.25, -0.2) is 29.9 Å². The van der Waals surface area contributed by atoms with E-state index in [2.05, 4.69) is 30.3 Å². The summed E-state index contributed by atoms with van der Waals surface area (Å²) in [5, 5.41) is 3.31. The highest BCUT2D eigenvalue weighted by atomic mass is 15.1. The van der Waals surface area contributed by atoms with Crippen LogP contribution in [-0.4, -0.2) is 33.3 Å². The topological polar surface area (TPSA) is 113 Å². The van der Waals surface area contributed by atoms with Crippen molar-refractivity contribution in [2.75, 3.05) is 5.32 Å². The van der Waals surface area contributed by atoms with Gasteiger partial charge in [0, 0.05) is 28.5 Å². The molecule has 8 heteroatoms. The van der Waals surface area contributed by atoms with Crippen molar-refractivity contribution >= 4 is 40.8 Å². The zero-order chi connectivity index (χ0) is 22.9. The number of amidine groups is 4. The summed E-state index contributed by atoms with van der Waals surface area (Å²) in [6.45, 7) is 0. The second-order valence-electron chi connectivity index (χ2n) is 7.61. The Balaban J connectivity index is 1.32. The van der Waals surface area contributed by atoms with Gasteiger partial charge >= 0.3 is 0 Å². The third-order valence-electron chi connectivity index (χ3n) is 5.38. The SMILES string of the molecule is NC1=N/C(=N\c2cccc(NC3=N/C(=N\c4ccccn4)c4ccccc43)n2)c2ccccc21. The fourth-order valence-corrected chi connectivity index (χ4v) is 3.83. The van der Waals surface area contributed by atoms with Crippen LogP contribution in [0.5, 0.6) is 0 Å². The summed E-state index contributed by atoms with van der Waals surface area (Å²) >= 11 is 0. The highest BCUT2D eigenvalue weighted by Crippen LogP contribution is 2.24. The number of anilines is 1. The van der Waals surface area contributed by atoms with Crippen LogP contribution in [0.15, 0.2) is 111 Å². The van der Waals surface area contributed by atoms with Crippen molar-refractivity contribution in [2.24, 2.45) is 25.7 Å². The Hall–Kier alpha value is -4.98. The molecule has 4 aromatic rings. The van der Waals surface area contributed by atoms with E-state index in [1.165, 1.54) is 0 Å². The Kier molecular flexibility index (Phi) is 4.73. The molecule has 4 heterocycles. The standard InChI is InChI=1S/C26H18N8/c27-23-16-8-1-2-9-17(16)24(33-23)31-21-13-7-14-22(29-21)32-26-19-11-4-3-10-18(19)25(34-26)30-20-12-5-6-15-28-20/h1-15H,(H3,27,28,29,30,31,32,33,34). The van der Waals surface area contributed by atoms with E-state index in [9.17, 15) is 0 Å². The minimum atomic E-state index is 0.459. The Morgan fingerprint density at radius 3 is 2.06 bits per heavy atom. The number of fused-ring (bicyclic) bond motifs is 2. The third-order valence-corrected chi connectivity index (χ3v) is 5.38. The van der Waals surface area contributed by atoms with Gasteiger partial charge in [0.05, 0.1) is 0 Å². The lowest BCUT2D eigenvalue weighted by atomic mass is 10.1. The molecule has 0 saturated heterocycles. The van der Waals surface area contributed by atoms with Gasteiger partial charge in [-0.2, -0.15) is 0 Å². The first-order valence-electron chi connectivity index (χ1n) is 10.7. The van der Waals surface area contributed by atoms with Crippen LogP contribution in [0.3, 0.4) is 0 Å². The second kappa shape index (κ2) is 8.18. The van der Waals surface area contributed by atoms with Gasteiger partial charge in [-0.15, -0.1) is 0 Å². The molecule has 6 rings (SSSR count). The van der Waals surface area contributed by atoms with E-state index in [1.807, 2.05) is 84.9 Å². The van der Waals surface area contributed by atoms with Crippen molar-refractivity contribution in [3.63, 3.8) is 0 Å². The number of nitrogens with one attached hydrogen (secondary N) is 1. The van der Waals surface area contributed by atoms with Crippen LogP contribution >= 0.6 is 0 Å². The van der Waals surface area contributed by atoms with Crippen molar-refractivity contribution < 1.29 is 0 Å². The lowest BCUT2D eigenvalue weighted by Gasteiger charge is -2.07. The average Bonchev–Trinajstić information content (AvgIpc) is 3.37. The molecule has 2 aromatic heterocycles. The molecule has 0 bridgehead atoms. The number of rotatable bonds is 3. The predicted molar refractivity (Wildman–Crippen MR) is 135 cm³/mol. The quantitative estimate of drug-likeness (QED) is 0.494. The summed E-state index contributed by atoms with van der Waals surface area (Å²) in [5.41, 5.74) is 9.69. The summed E-state index contributed by atoms with van der Waals surface area (Å²) in [7, 11) is 0. The largest absolute Gasteiger partial charge is 0.383 e. The first kappa shape index (κ1) is 19.7. The Morgan fingerprint density at radius 1 is 0.618 bits per heavy atom. The molecule has 2 aliphatic heterocycles. The monoisotopic (exact) mass is 442 g/mol. The predicted octanol–water partition coefficient (Wildman–Crippen LogP) is 4.22. The van der Waals surface area contributed by atoms with Crippen LogP contribution in [0.2, 0.25) is 0 Å². The average molecular weight is 442 g/mol. The summed E-state index contributed by atoms with van der Waals surface area (Å²) in [6.07, 6.45) is 1.71. The maximum absolute atomic E-state index is 6.05. The van der Waals surface area contributed by atoms with E-state index in [0.717, 1.165) is 22.3 Å². The van der Waals surface area contributed by atoms with Crippen molar-refractivity contribution in [2.45, 2.75) is 0 Å². The second-order valence-corrected chi connectivity index (χ2v) is 7.61. The van der Waals surface area contributed by atoms with Crippen LogP contribution in [0.25, 0.3) is 0 Å². The molecule has 0 unspecified atom stereocenters. The smallest absolute Gasteiger partial charge is 0.164 e. The molecule has 0 saturated carbocycles. The molecule has 8 nitrogen and oxygen atoms in total. The summed E-state index contributed by atoms with van der Waals surface area (Å²) in [4.78, 5) is 27.3. The number of benzene rings is 2. The molecule has 0 atom stereocenters. The molecule has 2 aliphatic rings. The fourth-order valence-electron chi connectivity index (χ4n) is 3.83. The molecule has 0 aliphatic carbocycles.